The summed E-state index contributed by atoms with van der Waals surface area (Å²) in [6.07, 6.45) is 10.0. The van der Waals surface area contributed by atoms with E-state index >= 15 is 0 Å². The molecule has 0 N–H and O–H groups in total. The lowest BCUT2D eigenvalue weighted by Crippen LogP contribution is -2.21. The molecule has 2 nitrogen and oxygen atoms in total. The average Bonchev–Trinajstić information content (AvgIpc) is 2.63. The Labute approximate surface area is 111 Å². The predicted octanol–water partition coefficient (Wildman–Crippen LogP) is 4.10. The highest BCUT2D eigenvalue weighted by Crippen LogP contribution is 2.47. The molecule has 0 radical (unpaired) electrons. The van der Waals surface area contributed by atoms with E-state index < -0.39 is 0 Å². The van der Waals surface area contributed by atoms with Gasteiger partial charge in [0.05, 0.1) is 6.61 Å². The molecule has 0 spiro atoms. The van der Waals surface area contributed by atoms with Crippen LogP contribution in [0.4, 0.5) is 0 Å². The van der Waals surface area contributed by atoms with Gasteiger partial charge in [0.15, 0.2) is 0 Å². The molecule has 0 aromatic carbocycles. The Morgan fingerprint density at radius 2 is 1.94 bits per heavy atom. The molecular weight excluding hydrogens is 224 g/mol. The maximum atomic E-state index is 11.9. The highest BCUT2D eigenvalue weighted by atomic mass is 16.5. The van der Waals surface area contributed by atoms with Crippen LogP contribution in [0.25, 0.3) is 0 Å². The van der Waals surface area contributed by atoms with Crippen molar-refractivity contribution in [1.29, 1.82) is 0 Å². The number of fused-ring (bicyclic) bond motifs is 1. The molecule has 2 heteroatoms. The van der Waals surface area contributed by atoms with E-state index in [0.29, 0.717) is 18.4 Å². The van der Waals surface area contributed by atoms with Gasteiger partial charge in [0.1, 0.15) is 0 Å². The summed E-state index contributed by atoms with van der Waals surface area (Å²) >= 11 is 0. The third kappa shape index (κ3) is 2.96. The zero-order valence-electron chi connectivity index (χ0n) is 11.6. The summed E-state index contributed by atoms with van der Waals surface area (Å²) in [5, 5.41) is 0. The van der Waals surface area contributed by atoms with Gasteiger partial charge in [-0.3, -0.25) is 0 Å². The van der Waals surface area contributed by atoms with Gasteiger partial charge >= 0.3 is 5.97 Å². The van der Waals surface area contributed by atoms with Crippen LogP contribution in [0.3, 0.4) is 0 Å². The van der Waals surface area contributed by atoms with Crippen molar-refractivity contribution in [3.8, 4) is 0 Å². The minimum atomic E-state index is -0.147. The Morgan fingerprint density at radius 1 is 1.17 bits per heavy atom. The Balaban J connectivity index is 1.95. The van der Waals surface area contributed by atoms with Crippen LogP contribution in [0.5, 0.6) is 0 Å². The number of hydrogen-bond donors (Lipinski definition) is 0. The lowest BCUT2D eigenvalue weighted by Gasteiger charge is -2.23. The van der Waals surface area contributed by atoms with E-state index in [1.165, 1.54) is 38.5 Å². The molecule has 0 bridgehead atoms. The van der Waals surface area contributed by atoms with E-state index in [0.717, 1.165) is 24.3 Å². The highest BCUT2D eigenvalue weighted by Gasteiger charge is 2.39. The van der Waals surface area contributed by atoms with Gasteiger partial charge in [-0.05, 0) is 43.4 Å². The van der Waals surface area contributed by atoms with Crippen LogP contribution >= 0.6 is 0 Å². The minimum absolute atomic E-state index is 0.147. The zero-order valence-corrected chi connectivity index (χ0v) is 11.6. The first kappa shape index (κ1) is 13.6. The molecule has 2 aliphatic carbocycles. The molecule has 18 heavy (non-hydrogen) atoms. The van der Waals surface area contributed by atoms with Gasteiger partial charge < -0.3 is 4.74 Å². The van der Waals surface area contributed by atoms with E-state index in [2.05, 4.69) is 6.58 Å². The molecule has 3 atom stereocenters. The second-order valence-electron chi connectivity index (χ2n) is 5.91. The van der Waals surface area contributed by atoms with E-state index in [4.69, 9.17) is 4.74 Å². The van der Waals surface area contributed by atoms with Crippen LogP contribution in [-0.2, 0) is 9.53 Å². The lowest BCUT2D eigenvalue weighted by molar-refractivity contribution is -0.139. The molecule has 2 saturated carbocycles. The molecule has 0 aromatic heterocycles. The van der Waals surface area contributed by atoms with Crippen LogP contribution in [0.1, 0.15) is 58.3 Å². The molecular formula is C16H26O2. The van der Waals surface area contributed by atoms with Crippen molar-refractivity contribution in [3.05, 3.63) is 12.2 Å². The number of ether oxygens (including phenoxy) is 1. The molecule has 2 fully saturated rings. The van der Waals surface area contributed by atoms with E-state index in [1.807, 2.05) is 6.92 Å². The number of esters is 1. The van der Waals surface area contributed by atoms with Crippen molar-refractivity contribution >= 4 is 5.97 Å². The van der Waals surface area contributed by atoms with Crippen LogP contribution in [0.2, 0.25) is 0 Å². The van der Waals surface area contributed by atoms with Gasteiger partial charge in [-0.25, -0.2) is 4.79 Å². The van der Waals surface area contributed by atoms with Crippen molar-refractivity contribution in [2.75, 3.05) is 6.61 Å². The van der Waals surface area contributed by atoms with Gasteiger partial charge in [0.25, 0.3) is 0 Å². The third-order valence-corrected chi connectivity index (χ3v) is 4.73. The summed E-state index contributed by atoms with van der Waals surface area (Å²) < 4.78 is 5.24. The van der Waals surface area contributed by atoms with Crippen molar-refractivity contribution in [3.63, 3.8) is 0 Å². The topological polar surface area (TPSA) is 26.3 Å². The van der Waals surface area contributed by atoms with Gasteiger partial charge in [-0.2, -0.15) is 0 Å². The molecule has 0 aliphatic heterocycles. The second-order valence-corrected chi connectivity index (χ2v) is 5.91. The monoisotopic (exact) mass is 250 g/mol. The number of hydrogen-bond acceptors (Lipinski definition) is 2. The number of carbonyl (C=O) groups excluding carboxylic acids is 1. The maximum absolute atomic E-state index is 11.9. The Kier molecular flexibility index (Phi) is 4.85. The van der Waals surface area contributed by atoms with Gasteiger partial charge in [-0.15, -0.1) is 0 Å². The van der Waals surface area contributed by atoms with Crippen molar-refractivity contribution in [2.24, 2.45) is 17.8 Å². The van der Waals surface area contributed by atoms with Gasteiger partial charge in [0.2, 0.25) is 0 Å². The maximum Gasteiger partial charge on any atom is 0.333 e. The molecule has 2 aliphatic rings. The Hall–Kier alpha value is -0.790. The number of carbonyl (C=O) groups is 1. The number of rotatable bonds is 4. The normalized spacial score (nSPS) is 31.5. The fourth-order valence-corrected chi connectivity index (χ4v) is 3.78. The summed E-state index contributed by atoms with van der Waals surface area (Å²) in [6.45, 7) is 6.58. The fourth-order valence-electron chi connectivity index (χ4n) is 3.78. The average molecular weight is 250 g/mol. The second kappa shape index (κ2) is 6.40. The van der Waals surface area contributed by atoms with E-state index in [-0.39, 0.29) is 5.97 Å². The molecule has 0 heterocycles. The van der Waals surface area contributed by atoms with Crippen molar-refractivity contribution in [1.82, 2.24) is 0 Å². The zero-order chi connectivity index (χ0) is 13.0. The van der Waals surface area contributed by atoms with Gasteiger partial charge in [0, 0.05) is 5.57 Å². The summed E-state index contributed by atoms with van der Waals surface area (Å²) in [4.78, 5) is 11.9. The first-order valence-corrected chi connectivity index (χ1v) is 7.60. The summed E-state index contributed by atoms with van der Waals surface area (Å²) in [7, 11) is 0. The first-order valence-electron chi connectivity index (χ1n) is 7.60. The van der Waals surface area contributed by atoms with E-state index in [1.54, 1.807) is 0 Å². The molecule has 0 amide bonds. The van der Waals surface area contributed by atoms with Crippen LogP contribution in [-0.4, -0.2) is 12.6 Å². The molecule has 0 saturated heterocycles. The fraction of sp³-hybridized carbons (Fsp3) is 0.812. The minimum Gasteiger partial charge on any atom is -0.462 e. The van der Waals surface area contributed by atoms with Gasteiger partial charge in [-0.1, -0.05) is 39.2 Å². The predicted molar refractivity (Wildman–Crippen MR) is 73.2 cm³/mol. The SMILES string of the molecule is C=C(C(=O)OCCC)C1CCC2CCCCCC21. The van der Waals surface area contributed by atoms with Crippen LogP contribution in [0.15, 0.2) is 12.2 Å². The van der Waals surface area contributed by atoms with Crippen LogP contribution < -0.4 is 0 Å². The molecule has 2 rings (SSSR count). The smallest absolute Gasteiger partial charge is 0.333 e. The van der Waals surface area contributed by atoms with Crippen LogP contribution in [0, 0.1) is 17.8 Å². The standard InChI is InChI=1S/C16H26O2/c1-3-11-18-16(17)12(2)14-10-9-13-7-5-4-6-8-15(13)14/h13-15H,2-11H2,1H3. The van der Waals surface area contributed by atoms with Crippen molar-refractivity contribution in [2.45, 2.75) is 58.3 Å². The summed E-state index contributed by atoms with van der Waals surface area (Å²) in [6, 6.07) is 0. The summed E-state index contributed by atoms with van der Waals surface area (Å²) in [5.41, 5.74) is 0.748. The Morgan fingerprint density at radius 3 is 2.72 bits per heavy atom. The highest BCUT2D eigenvalue weighted by molar-refractivity contribution is 5.88. The third-order valence-electron chi connectivity index (χ3n) is 4.73. The molecule has 102 valence electrons. The summed E-state index contributed by atoms with van der Waals surface area (Å²) in [5.74, 6) is 1.80. The lowest BCUT2D eigenvalue weighted by atomic mass is 9.82. The first-order chi connectivity index (χ1) is 8.74. The quantitative estimate of drug-likeness (QED) is 0.554. The van der Waals surface area contributed by atoms with Crippen molar-refractivity contribution < 1.29 is 9.53 Å². The van der Waals surface area contributed by atoms with E-state index in [9.17, 15) is 4.79 Å². The molecule has 3 unspecified atom stereocenters. The Bertz CT molecular complexity index is 308. The molecule has 0 aromatic rings. The largest absolute Gasteiger partial charge is 0.462 e.